The lowest BCUT2D eigenvalue weighted by Gasteiger charge is -2.14. The maximum atomic E-state index is 13.7. The highest BCUT2D eigenvalue weighted by molar-refractivity contribution is 6.32. The van der Waals surface area contributed by atoms with Crippen LogP contribution >= 0.6 is 11.6 Å². The van der Waals surface area contributed by atoms with Crippen LogP contribution in [0.15, 0.2) is 60.7 Å². The van der Waals surface area contributed by atoms with Gasteiger partial charge in [0.25, 0.3) is 5.91 Å². The van der Waals surface area contributed by atoms with Crippen LogP contribution in [0.4, 0.5) is 10.1 Å². The number of nitriles is 1. The zero-order valence-electron chi connectivity index (χ0n) is 17.1. The van der Waals surface area contributed by atoms with Gasteiger partial charge in [-0.25, -0.2) is 4.39 Å². The van der Waals surface area contributed by atoms with E-state index in [0.29, 0.717) is 16.6 Å². The molecule has 3 aromatic carbocycles. The van der Waals surface area contributed by atoms with Crippen molar-refractivity contribution < 1.29 is 14.3 Å². The van der Waals surface area contributed by atoms with Crippen LogP contribution in [0.1, 0.15) is 19.4 Å². The van der Waals surface area contributed by atoms with Gasteiger partial charge in [-0.3, -0.25) is 4.79 Å². The van der Waals surface area contributed by atoms with Crippen LogP contribution in [0.25, 0.3) is 21.8 Å². The van der Waals surface area contributed by atoms with E-state index in [4.69, 9.17) is 16.9 Å². The van der Waals surface area contributed by atoms with E-state index >= 15 is 0 Å². The minimum atomic E-state index is -1.35. The van der Waals surface area contributed by atoms with Crippen LogP contribution < -0.4 is 5.32 Å². The predicted molar refractivity (Wildman–Crippen MR) is 122 cm³/mol. The smallest absolute Gasteiger partial charge is 0.255 e. The first-order valence-corrected chi connectivity index (χ1v) is 10.2. The van der Waals surface area contributed by atoms with E-state index in [1.165, 1.54) is 30.3 Å². The summed E-state index contributed by atoms with van der Waals surface area (Å²) >= 11 is 5.98. The number of fused-ring (bicyclic) bond motifs is 3. The molecule has 0 spiro atoms. The Labute approximate surface area is 184 Å². The number of anilines is 1. The molecule has 31 heavy (non-hydrogen) atoms. The molecule has 1 unspecified atom stereocenters. The van der Waals surface area contributed by atoms with Gasteiger partial charge < -0.3 is 15.0 Å². The fourth-order valence-corrected chi connectivity index (χ4v) is 3.61. The molecule has 0 aliphatic heterocycles. The number of aliphatic hydroxyl groups excluding tert-OH is 1. The third kappa shape index (κ3) is 4.53. The number of nitrogens with one attached hydrogen (secondary N) is 1. The second-order valence-electron chi connectivity index (χ2n) is 6.60. The third-order valence-electron chi connectivity index (χ3n) is 4.75. The van der Waals surface area contributed by atoms with Gasteiger partial charge in [0.1, 0.15) is 11.9 Å². The summed E-state index contributed by atoms with van der Waals surface area (Å²) in [7, 11) is 0. The van der Waals surface area contributed by atoms with Crippen LogP contribution in [0, 0.1) is 17.1 Å². The Hall–Kier alpha value is -3.40. The first kappa shape index (κ1) is 22.3. The average Bonchev–Trinajstić information content (AvgIpc) is 3.08. The number of carbonyl (C=O) groups excluding carboxylic acids is 1. The summed E-state index contributed by atoms with van der Waals surface area (Å²) in [5, 5.41) is 23.8. The molecule has 5 nitrogen and oxygen atoms in total. The van der Waals surface area contributed by atoms with Gasteiger partial charge >= 0.3 is 0 Å². The lowest BCUT2D eigenvalue weighted by atomic mass is 10.1. The fourth-order valence-electron chi connectivity index (χ4n) is 3.39. The van der Waals surface area contributed by atoms with E-state index in [0.717, 1.165) is 16.4 Å². The molecular weight excluding hydrogens is 417 g/mol. The highest BCUT2D eigenvalue weighted by Crippen LogP contribution is 2.30. The van der Waals surface area contributed by atoms with Gasteiger partial charge in [-0.05, 0) is 42.5 Å². The summed E-state index contributed by atoms with van der Waals surface area (Å²) in [4.78, 5) is 12.5. The minimum Gasteiger partial charge on any atom is -0.381 e. The number of hydrogen-bond donors (Lipinski definition) is 2. The first-order valence-electron chi connectivity index (χ1n) is 9.83. The second kappa shape index (κ2) is 9.61. The van der Waals surface area contributed by atoms with Gasteiger partial charge in [0.2, 0.25) is 0 Å². The van der Waals surface area contributed by atoms with Crippen molar-refractivity contribution in [1.82, 2.24) is 4.57 Å². The largest absolute Gasteiger partial charge is 0.381 e. The fraction of sp³-hybridized carbons (Fsp3) is 0.167. The van der Waals surface area contributed by atoms with Crippen LogP contribution in [0.2, 0.25) is 5.02 Å². The van der Waals surface area contributed by atoms with Gasteiger partial charge in [-0.2, -0.15) is 5.26 Å². The Kier molecular flexibility index (Phi) is 6.91. The molecule has 4 aromatic rings. The van der Waals surface area contributed by atoms with E-state index in [-0.39, 0.29) is 17.4 Å². The minimum absolute atomic E-state index is 0.00844. The monoisotopic (exact) mass is 437 g/mol. The lowest BCUT2D eigenvalue weighted by molar-refractivity contribution is -0.124. The molecule has 0 saturated carbocycles. The maximum absolute atomic E-state index is 13.7. The molecule has 0 aliphatic carbocycles. The SMILES string of the molecule is CC.N#Cc1ccc(NC(=O)C(O)Cn2c3ccccc3c3cc(F)ccc32)cc1Cl. The highest BCUT2D eigenvalue weighted by atomic mass is 35.5. The van der Waals surface area contributed by atoms with Crippen molar-refractivity contribution in [1.29, 1.82) is 5.26 Å². The van der Waals surface area contributed by atoms with Crippen molar-refractivity contribution in [3.63, 3.8) is 0 Å². The summed E-state index contributed by atoms with van der Waals surface area (Å²) in [5.74, 6) is -0.963. The zero-order chi connectivity index (χ0) is 22.5. The number of para-hydroxylation sites is 1. The molecule has 0 radical (unpaired) electrons. The maximum Gasteiger partial charge on any atom is 0.255 e. The standard InChI is InChI=1S/C22H15ClFN3O2.C2H6/c23-18-10-15(7-5-13(18)11-25)26-22(29)21(28)12-27-19-4-2-1-3-16(19)17-9-14(24)6-8-20(17)27;1-2/h1-10,21,28H,12H2,(H,26,29);1-2H3. The molecule has 7 heteroatoms. The molecule has 1 heterocycles. The Bertz CT molecular complexity index is 1290. The molecule has 0 bridgehead atoms. The highest BCUT2D eigenvalue weighted by Gasteiger charge is 2.20. The molecule has 2 N–H and O–H groups in total. The quantitative estimate of drug-likeness (QED) is 0.443. The molecule has 0 fully saturated rings. The molecular formula is C24H21ClFN3O2. The van der Waals surface area contributed by atoms with Crippen LogP contribution in [-0.2, 0) is 11.3 Å². The van der Waals surface area contributed by atoms with E-state index in [1.807, 2.05) is 44.2 Å². The third-order valence-corrected chi connectivity index (χ3v) is 5.06. The van der Waals surface area contributed by atoms with Crippen molar-refractivity contribution in [2.24, 2.45) is 0 Å². The van der Waals surface area contributed by atoms with E-state index in [2.05, 4.69) is 5.32 Å². The van der Waals surface area contributed by atoms with E-state index in [9.17, 15) is 14.3 Å². The van der Waals surface area contributed by atoms with Gasteiger partial charge in [-0.15, -0.1) is 0 Å². The van der Waals surface area contributed by atoms with Crippen LogP contribution in [-0.4, -0.2) is 21.7 Å². The van der Waals surface area contributed by atoms with Gasteiger partial charge in [0, 0.05) is 27.5 Å². The van der Waals surface area contributed by atoms with Crippen LogP contribution in [0.3, 0.4) is 0 Å². The molecule has 4 rings (SSSR count). The molecule has 0 saturated heterocycles. The van der Waals surface area contributed by atoms with Crippen molar-refractivity contribution in [3.8, 4) is 6.07 Å². The van der Waals surface area contributed by atoms with E-state index < -0.39 is 12.0 Å². The predicted octanol–water partition coefficient (Wildman–Crippen LogP) is 5.48. The topological polar surface area (TPSA) is 78.1 Å². The number of benzene rings is 3. The summed E-state index contributed by atoms with van der Waals surface area (Å²) < 4.78 is 15.5. The van der Waals surface area contributed by atoms with Crippen molar-refractivity contribution >= 4 is 45.0 Å². The van der Waals surface area contributed by atoms with Crippen molar-refractivity contribution in [2.75, 3.05) is 5.32 Å². The molecule has 0 aliphatic rings. The average molecular weight is 438 g/mol. The van der Waals surface area contributed by atoms with Gasteiger partial charge in [0.05, 0.1) is 17.1 Å². The number of halogens is 2. The molecule has 1 atom stereocenters. The molecule has 1 amide bonds. The number of aliphatic hydroxyl groups is 1. The van der Waals surface area contributed by atoms with Crippen molar-refractivity contribution in [3.05, 3.63) is 77.1 Å². The Morgan fingerprint density at radius 2 is 1.84 bits per heavy atom. The lowest BCUT2D eigenvalue weighted by Crippen LogP contribution is -2.31. The Morgan fingerprint density at radius 3 is 2.55 bits per heavy atom. The van der Waals surface area contributed by atoms with Crippen molar-refractivity contribution in [2.45, 2.75) is 26.5 Å². The Morgan fingerprint density at radius 1 is 1.13 bits per heavy atom. The first-order chi connectivity index (χ1) is 15.0. The number of rotatable bonds is 4. The zero-order valence-corrected chi connectivity index (χ0v) is 17.8. The van der Waals surface area contributed by atoms with Crippen LogP contribution in [0.5, 0.6) is 0 Å². The number of hydrogen-bond acceptors (Lipinski definition) is 3. The number of nitrogens with zero attached hydrogens (tertiary/aromatic N) is 2. The molecule has 1 aromatic heterocycles. The van der Waals surface area contributed by atoms with Gasteiger partial charge in [0.15, 0.2) is 6.10 Å². The summed E-state index contributed by atoms with van der Waals surface area (Å²) in [6.07, 6.45) is -1.35. The number of carbonyl (C=O) groups is 1. The molecule has 158 valence electrons. The number of aromatic nitrogens is 1. The van der Waals surface area contributed by atoms with E-state index in [1.54, 1.807) is 10.6 Å². The second-order valence-corrected chi connectivity index (χ2v) is 7.01. The summed E-state index contributed by atoms with van der Waals surface area (Å²) in [6.45, 7) is 3.99. The Balaban J connectivity index is 0.00000132. The van der Waals surface area contributed by atoms with Gasteiger partial charge in [-0.1, -0.05) is 43.6 Å². The summed E-state index contributed by atoms with van der Waals surface area (Å²) in [5.41, 5.74) is 2.19. The number of amides is 1. The normalized spacial score (nSPS) is 11.5. The summed E-state index contributed by atoms with van der Waals surface area (Å²) in [6, 6.07) is 18.3.